The molecule has 5 nitrogen and oxygen atoms in total. The largest absolute Gasteiger partial charge is 0.497 e. The molecule has 98 valence electrons. The van der Waals surface area contributed by atoms with E-state index < -0.39 is 5.91 Å². The van der Waals surface area contributed by atoms with E-state index in [1.165, 1.54) is 18.5 Å². The second-order valence-electron chi connectivity index (χ2n) is 3.96. The first-order valence-corrected chi connectivity index (χ1v) is 5.79. The Morgan fingerprint density at radius 1 is 1.37 bits per heavy atom. The van der Waals surface area contributed by atoms with Crippen molar-refractivity contribution >= 4 is 5.91 Å². The topological polar surface area (TPSA) is 71.2 Å². The molecule has 0 atom stereocenters. The monoisotopic (exact) mass is 258 g/mol. The molecule has 0 spiro atoms. The van der Waals surface area contributed by atoms with Gasteiger partial charge in [-0.2, -0.15) is 0 Å². The average Bonchev–Trinajstić information content (AvgIpc) is 2.45. The standard InChI is InChI=1S/C14H14N2O3/c1-19-11-4-2-3-10(7-11)8-16-14(18)12-9-15-6-5-13(12)17/h2-7,9H,8H2,1H3,(H,15,17)(H,16,18). The SMILES string of the molecule is COc1cccc(CNC(=O)c2c[nH]ccc2=O)c1. The number of methoxy groups -OCH3 is 1. The van der Waals surface area contributed by atoms with E-state index in [1.807, 2.05) is 24.3 Å². The Morgan fingerprint density at radius 2 is 2.21 bits per heavy atom. The van der Waals surface area contributed by atoms with E-state index in [0.29, 0.717) is 6.54 Å². The van der Waals surface area contributed by atoms with Crippen molar-refractivity contribution in [2.24, 2.45) is 0 Å². The maximum atomic E-state index is 11.8. The molecular formula is C14H14N2O3. The number of hydrogen-bond acceptors (Lipinski definition) is 3. The number of benzene rings is 1. The number of nitrogens with one attached hydrogen (secondary N) is 2. The van der Waals surface area contributed by atoms with E-state index in [4.69, 9.17) is 4.74 Å². The van der Waals surface area contributed by atoms with Crippen LogP contribution in [0, 0.1) is 0 Å². The summed E-state index contributed by atoms with van der Waals surface area (Å²) in [4.78, 5) is 26.0. The summed E-state index contributed by atoms with van der Waals surface area (Å²) in [6.07, 6.45) is 2.88. The molecule has 2 aromatic rings. The lowest BCUT2D eigenvalue weighted by Crippen LogP contribution is -2.27. The zero-order valence-corrected chi connectivity index (χ0v) is 10.5. The second-order valence-corrected chi connectivity index (χ2v) is 3.96. The number of rotatable bonds is 4. The highest BCUT2D eigenvalue weighted by atomic mass is 16.5. The molecular weight excluding hydrogens is 244 g/mol. The predicted octanol–water partition coefficient (Wildman–Crippen LogP) is 1.31. The maximum absolute atomic E-state index is 11.8. The first-order chi connectivity index (χ1) is 9.20. The maximum Gasteiger partial charge on any atom is 0.257 e. The van der Waals surface area contributed by atoms with Crippen molar-refractivity contribution in [1.29, 1.82) is 0 Å². The number of hydrogen-bond donors (Lipinski definition) is 2. The zero-order valence-electron chi connectivity index (χ0n) is 10.5. The van der Waals surface area contributed by atoms with Gasteiger partial charge in [0.1, 0.15) is 11.3 Å². The molecule has 2 rings (SSSR count). The molecule has 0 fully saturated rings. The van der Waals surface area contributed by atoms with E-state index in [2.05, 4.69) is 10.3 Å². The fourth-order valence-corrected chi connectivity index (χ4v) is 1.65. The van der Waals surface area contributed by atoms with Crippen LogP contribution in [-0.2, 0) is 6.54 Å². The van der Waals surface area contributed by atoms with Crippen molar-refractivity contribution in [3.05, 3.63) is 64.1 Å². The van der Waals surface area contributed by atoms with Crippen molar-refractivity contribution in [3.8, 4) is 5.75 Å². The number of H-pyrrole nitrogens is 1. The molecule has 1 heterocycles. The third kappa shape index (κ3) is 3.22. The number of carbonyl (C=O) groups is 1. The molecule has 2 N–H and O–H groups in total. The van der Waals surface area contributed by atoms with E-state index in [0.717, 1.165) is 11.3 Å². The third-order valence-electron chi connectivity index (χ3n) is 2.66. The lowest BCUT2D eigenvalue weighted by Gasteiger charge is -2.06. The van der Waals surface area contributed by atoms with Gasteiger partial charge in [0.2, 0.25) is 0 Å². The summed E-state index contributed by atoms with van der Waals surface area (Å²) >= 11 is 0. The third-order valence-corrected chi connectivity index (χ3v) is 2.66. The van der Waals surface area contributed by atoms with E-state index in [1.54, 1.807) is 7.11 Å². The van der Waals surface area contributed by atoms with Crippen LogP contribution in [0.2, 0.25) is 0 Å². The summed E-state index contributed by atoms with van der Waals surface area (Å²) in [7, 11) is 1.58. The van der Waals surface area contributed by atoms with Crippen molar-refractivity contribution in [2.45, 2.75) is 6.54 Å². The summed E-state index contributed by atoms with van der Waals surface area (Å²) < 4.78 is 5.10. The summed E-state index contributed by atoms with van der Waals surface area (Å²) in [6.45, 7) is 0.338. The van der Waals surface area contributed by atoms with Crippen LogP contribution in [0.1, 0.15) is 15.9 Å². The van der Waals surface area contributed by atoms with Crippen LogP contribution in [0.5, 0.6) is 5.75 Å². The highest BCUT2D eigenvalue weighted by Crippen LogP contribution is 2.12. The molecule has 19 heavy (non-hydrogen) atoms. The van der Waals surface area contributed by atoms with Gasteiger partial charge < -0.3 is 15.0 Å². The molecule has 5 heteroatoms. The molecule has 0 saturated heterocycles. The fourth-order valence-electron chi connectivity index (χ4n) is 1.65. The Kier molecular flexibility index (Phi) is 3.97. The second kappa shape index (κ2) is 5.86. The van der Waals surface area contributed by atoms with E-state index >= 15 is 0 Å². The Labute approximate surface area is 110 Å². The van der Waals surface area contributed by atoms with Gasteiger partial charge in [-0.15, -0.1) is 0 Å². The Hall–Kier alpha value is -2.56. The van der Waals surface area contributed by atoms with Crippen LogP contribution >= 0.6 is 0 Å². The highest BCUT2D eigenvalue weighted by molar-refractivity contribution is 5.93. The molecule has 0 aliphatic rings. The normalized spacial score (nSPS) is 9.95. The summed E-state index contributed by atoms with van der Waals surface area (Å²) in [5, 5.41) is 2.69. The molecule has 0 saturated carbocycles. The van der Waals surface area contributed by atoms with Gasteiger partial charge >= 0.3 is 0 Å². The minimum atomic E-state index is -0.398. The summed E-state index contributed by atoms with van der Waals surface area (Å²) in [6, 6.07) is 8.69. The van der Waals surface area contributed by atoms with Gasteiger partial charge in [-0.05, 0) is 17.7 Å². The van der Waals surface area contributed by atoms with Gasteiger partial charge in [0.25, 0.3) is 5.91 Å². The number of ether oxygens (including phenoxy) is 1. The van der Waals surface area contributed by atoms with Crippen LogP contribution in [0.3, 0.4) is 0 Å². The number of amides is 1. The van der Waals surface area contributed by atoms with Gasteiger partial charge in [0.15, 0.2) is 5.43 Å². The van der Waals surface area contributed by atoms with Gasteiger partial charge in [-0.3, -0.25) is 9.59 Å². The van der Waals surface area contributed by atoms with Crippen molar-refractivity contribution in [2.75, 3.05) is 7.11 Å². The zero-order chi connectivity index (χ0) is 13.7. The predicted molar refractivity (Wildman–Crippen MR) is 71.2 cm³/mol. The number of carbonyl (C=O) groups excluding carboxylic acids is 1. The van der Waals surface area contributed by atoms with Crippen molar-refractivity contribution in [3.63, 3.8) is 0 Å². The average molecular weight is 258 g/mol. The van der Waals surface area contributed by atoms with Gasteiger partial charge in [0, 0.05) is 25.0 Å². The number of pyridine rings is 1. The Morgan fingerprint density at radius 3 is 2.95 bits per heavy atom. The van der Waals surface area contributed by atoms with Crippen LogP contribution < -0.4 is 15.5 Å². The van der Waals surface area contributed by atoms with Crippen LogP contribution in [0.25, 0.3) is 0 Å². The minimum absolute atomic E-state index is 0.102. The smallest absolute Gasteiger partial charge is 0.257 e. The van der Waals surface area contributed by atoms with Crippen LogP contribution in [0.15, 0.2) is 47.5 Å². The lowest BCUT2D eigenvalue weighted by atomic mass is 10.2. The molecule has 1 aromatic heterocycles. The summed E-state index contributed by atoms with van der Waals surface area (Å²) in [5.74, 6) is 0.328. The Bertz CT molecular complexity index is 634. The minimum Gasteiger partial charge on any atom is -0.497 e. The first-order valence-electron chi connectivity index (χ1n) is 5.79. The molecule has 1 amide bonds. The van der Waals surface area contributed by atoms with Crippen LogP contribution in [-0.4, -0.2) is 18.0 Å². The highest BCUT2D eigenvalue weighted by Gasteiger charge is 2.08. The van der Waals surface area contributed by atoms with E-state index in [-0.39, 0.29) is 11.0 Å². The number of aromatic nitrogens is 1. The number of aromatic amines is 1. The molecule has 0 bridgehead atoms. The summed E-state index contributed by atoms with van der Waals surface area (Å²) in [5.41, 5.74) is 0.701. The molecule has 0 radical (unpaired) electrons. The lowest BCUT2D eigenvalue weighted by molar-refractivity contribution is 0.0949. The first kappa shape index (κ1) is 12.9. The van der Waals surface area contributed by atoms with Crippen molar-refractivity contribution < 1.29 is 9.53 Å². The molecule has 0 unspecified atom stereocenters. The Balaban J connectivity index is 2.04. The van der Waals surface area contributed by atoms with Gasteiger partial charge in [-0.25, -0.2) is 0 Å². The molecule has 0 aliphatic carbocycles. The quantitative estimate of drug-likeness (QED) is 0.868. The van der Waals surface area contributed by atoms with Crippen molar-refractivity contribution in [1.82, 2.24) is 10.3 Å². The molecule has 1 aromatic carbocycles. The fraction of sp³-hybridized carbons (Fsp3) is 0.143. The van der Waals surface area contributed by atoms with Gasteiger partial charge in [-0.1, -0.05) is 12.1 Å². The van der Waals surface area contributed by atoms with E-state index in [9.17, 15) is 9.59 Å². The van der Waals surface area contributed by atoms with Gasteiger partial charge in [0.05, 0.1) is 7.11 Å². The molecule has 0 aliphatic heterocycles. The van der Waals surface area contributed by atoms with Crippen LogP contribution in [0.4, 0.5) is 0 Å².